The van der Waals surface area contributed by atoms with Gasteiger partial charge in [0.05, 0.1) is 5.92 Å². The van der Waals surface area contributed by atoms with Crippen LogP contribution in [-0.4, -0.2) is 34.2 Å². The predicted molar refractivity (Wildman–Crippen MR) is 84.9 cm³/mol. The summed E-state index contributed by atoms with van der Waals surface area (Å²) in [7, 11) is 2.25. The van der Waals surface area contributed by atoms with Crippen LogP contribution in [0.3, 0.4) is 0 Å². The molecule has 4 rings (SSSR count). The highest BCUT2D eigenvalue weighted by atomic mass is 16.4. The van der Waals surface area contributed by atoms with E-state index in [9.17, 15) is 0 Å². The molecular formula is C18H23N3O. The summed E-state index contributed by atoms with van der Waals surface area (Å²) in [5.41, 5.74) is 2.72. The first kappa shape index (κ1) is 13.9. The van der Waals surface area contributed by atoms with Gasteiger partial charge in [0.25, 0.3) is 0 Å². The number of fused-ring (bicyclic) bond motifs is 2. The fraction of sp³-hybridized carbons (Fsp3) is 0.556. The first-order chi connectivity index (χ1) is 10.6. The number of nitrogens with zero attached hydrogens (tertiary/aromatic N) is 3. The normalized spacial score (nSPS) is 31.6. The fourth-order valence-corrected chi connectivity index (χ4v) is 4.41. The lowest BCUT2D eigenvalue weighted by atomic mass is 9.76. The van der Waals surface area contributed by atoms with Crippen molar-refractivity contribution in [3.8, 4) is 0 Å². The van der Waals surface area contributed by atoms with Gasteiger partial charge in [0, 0.05) is 19.0 Å². The molecule has 4 atom stereocenters. The molecule has 4 nitrogen and oxygen atoms in total. The first-order valence-corrected chi connectivity index (χ1v) is 8.22. The van der Waals surface area contributed by atoms with Crippen LogP contribution in [0.1, 0.15) is 54.0 Å². The Bertz CT molecular complexity index is 663. The smallest absolute Gasteiger partial charge is 0.221 e. The lowest BCUT2D eigenvalue weighted by molar-refractivity contribution is 0.123. The molecule has 2 unspecified atom stereocenters. The Kier molecular flexibility index (Phi) is 3.30. The van der Waals surface area contributed by atoms with Gasteiger partial charge in [-0.15, -0.1) is 10.2 Å². The number of rotatable bonds is 2. The summed E-state index contributed by atoms with van der Waals surface area (Å²) in [6.45, 7) is 4.02. The largest absolute Gasteiger partial charge is 0.425 e. The van der Waals surface area contributed by atoms with Gasteiger partial charge in [0.2, 0.25) is 11.8 Å². The number of likely N-dealkylation sites (N-methyl/N-ethyl adjacent to an activating group) is 1. The minimum absolute atomic E-state index is 0.313. The number of hydrogen-bond acceptors (Lipinski definition) is 4. The van der Waals surface area contributed by atoms with Crippen molar-refractivity contribution in [3.63, 3.8) is 0 Å². The van der Waals surface area contributed by atoms with E-state index in [-0.39, 0.29) is 0 Å². The minimum atomic E-state index is 0.313. The Morgan fingerprint density at radius 1 is 1.09 bits per heavy atom. The van der Waals surface area contributed by atoms with Gasteiger partial charge in [-0.2, -0.15) is 0 Å². The topological polar surface area (TPSA) is 42.2 Å². The van der Waals surface area contributed by atoms with Crippen LogP contribution < -0.4 is 0 Å². The number of piperidine rings is 1. The van der Waals surface area contributed by atoms with E-state index in [1.165, 1.54) is 30.4 Å². The Hall–Kier alpha value is -1.68. The maximum atomic E-state index is 5.85. The molecule has 0 spiro atoms. The predicted octanol–water partition coefficient (Wildman–Crippen LogP) is 3.42. The standard InChI is InChI=1S/C18H23N3O/c1-11-4-6-13(7-5-11)15-10-14-8-9-16(21(14)3)17(15)18-20-19-12(2)22-18/h4-7,14-17H,8-10H2,1-3H3/t14-,15?,16?,17+/m1/s1. The molecule has 0 saturated carbocycles. The average molecular weight is 297 g/mol. The summed E-state index contributed by atoms with van der Waals surface area (Å²) >= 11 is 0. The lowest BCUT2D eigenvalue weighted by Gasteiger charge is -2.41. The first-order valence-electron chi connectivity index (χ1n) is 8.22. The summed E-state index contributed by atoms with van der Waals surface area (Å²) in [6.07, 6.45) is 3.70. The molecule has 2 fully saturated rings. The number of aromatic nitrogens is 2. The highest BCUT2D eigenvalue weighted by Gasteiger charge is 2.48. The lowest BCUT2D eigenvalue weighted by Crippen LogP contribution is -2.44. The molecule has 2 aromatic rings. The van der Waals surface area contributed by atoms with Gasteiger partial charge in [-0.05, 0) is 44.7 Å². The Morgan fingerprint density at radius 2 is 1.86 bits per heavy atom. The summed E-state index contributed by atoms with van der Waals surface area (Å²) in [5, 5.41) is 8.45. The average Bonchev–Trinajstić information content (AvgIpc) is 3.02. The summed E-state index contributed by atoms with van der Waals surface area (Å²) in [4.78, 5) is 2.54. The van der Waals surface area contributed by atoms with Crippen molar-refractivity contribution in [1.82, 2.24) is 15.1 Å². The molecule has 1 aromatic heterocycles. The van der Waals surface area contributed by atoms with Gasteiger partial charge >= 0.3 is 0 Å². The van der Waals surface area contributed by atoms with E-state index in [4.69, 9.17) is 4.42 Å². The van der Waals surface area contributed by atoms with Gasteiger partial charge in [-0.1, -0.05) is 29.8 Å². The monoisotopic (exact) mass is 297 g/mol. The number of hydrogen-bond donors (Lipinski definition) is 0. The van der Waals surface area contributed by atoms with E-state index in [2.05, 4.69) is 53.3 Å². The van der Waals surface area contributed by atoms with E-state index in [0.717, 1.165) is 5.89 Å². The van der Waals surface area contributed by atoms with Crippen molar-refractivity contribution < 1.29 is 4.42 Å². The molecule has 116 valence electrons. The number of benzene rings is 1. The van der Waals surface area contributed by atoms with E-state index < -0.39 is 0 Å². The molecule has 2 saturated heterocycles. The van der Waals surface area contributed by atoms with Crippen LogP contribution in [0.2, 0.25) is 0 Å². The zero-order valence-electron chi connectivity index (χ0n) is 13.5. The Morgan fingerprint density at radius 3 is 2.55 bits per heavy atom. The molecule has 0 aliphatic carbocycles. The third-order valence-corrected chi connectivity index (χ3v) is 5.60. The van der Waals surface area contributed by atoms with Crippen LogP contribution in [0.4, 0.5) is 0 Å². The SMILES string of the molecule is Cc1ccc(C2C[C@H]3CCC([C@H]2c2nnc(C)o2)N3C)cc1. The molecule has 2 aliphatic rings. The second-order valence-electron chi connectivity index (χ2n) is 6.90. The third kappa shape index (κ3) is 2.17. The fourth-order valence-electron chi connectivity index (χ4n) is 4.41. The molecule has 2 bridgehead atoms. The van der Waals surface area contributed by atoms with E-state index >= 15 is 0 Å². The number of aryl methyl sites for hydroxylation is 2. The van der Waals surface area contributed by atoms with Gasteiger partial charge in [-0.3, -0.25) is 4.90 Å². The van der Waals surface area contributed by atoms with Crippen LogP contribution in [0.25, 0.3) is 0 Å². The van der Waals surface area contributed by atoms with Gasteiger partial charge in [0.15, 0.2) is 0 Å². The summed E-state index contributed by atoms with van der Waals surface area (Å²) in [5.74, 6) is 2.28. The zero-order chi connectivity index (χ0) is 15.3. The van der Waals surface area contributed by atoms with Crippen LogP contribution in [-0.2, 0) is 0 Å². The second-order valence-corrected chi connectivity index (χ2v) is 6.90. The van der Waals surface area contributed by atoms with Crippen molar-refractivity contribution in [3.05, 3.63) is 47.2 Å². The van der Waals surface area contributed by atoms with Crippen LogP contribution in [0.5, 0.6) is 0 Å². The third-order valence-electron chi connectivity index (χ3n) is 5.60. The molecular weight excluding hydrogens is 274 g/mol. The highest BCUT2D eigenvalue weighted by Crippen LogP contribution is 2.50. The van der Waals surface area contributed by atoms with Crippen LogP contribution >= 0.6 is 0 Å². The Balaban J connectivity index is 1.76. The van der Waals surface area contributed by atoms with Crippen molar-refractivity contribution in [2.45, 2.75) is 57.0 Å². The molecule has 1 aromatic carbocycles. The molecule has 2 aliphatic heterocycles. The highest BCUT2D eigenvalue weighted by molar-refractivity contribution is 5.29. The van der Waals surface area contributed by atoms with E-state index in [1.54, 1.807) is 0 Å². The molecule has 22 heavy (non-hydrogen) atoms. The molecule has 0 radical (unpaired) electrons. The van der Waals surface area contributed by atoms with Gasteiger partial charge in [-0.25, -0.2) is 0 Å². The second kappa shape index (κ2) is 5.20. The zero-order valence-corrected chi connectivity index (χ0v) is 13.5. The van der Waals surface area contributed by atoms with Crippen LogP contribution in [0.15, 0.2) is 28.7 Å². The van der Waals surface area contributed by atoms with Gasteiger partial charge < -0.3 is 4.42 Å². The maximum Gasteiger partial charge on any atom is 0.221 e. The minimum Gasteiger partial charge on any atom is -0.425 e. The van der Waals surface area contributed by atoms with Crippen LogP contribution in [0, 0.1) is 13.8 Å². The van der Waals surface area contributed by atoms with Gasteiger partial charge in [0.1, 0.15) is 0 Å². The molecule has 0 N–H and O–H groups in total. The molecule has 0 amide bonds. The van der Waals surface area contributed by atoms with E-state index in [1.807, 2.05) is 6.92 Å². The quantitative estimate of drug-likeness (QED) is 0.852. The Labute approximate surface area is 131 Å². The molecule has 4 heteroatoms. The van der Waals surface area contributed by atoms with Crippen molar-refractivity contribution in [2.24, 2.45) is 0 Å². The van der Waals surface area contributed by atoms with Crippen molar-refractivity contribution in [2.75, 3.05) is 7.05 Å². The summed E-state index contributed by atoms with van der Waals surface area (Å²) < 4.78 is 5.85. The summed E-state index contributed by atoms with van der Waals surface area (Å²) in [6, 6.07) is 10.2. The van der Waals surface area contributed by atoms with Crippen molar-refractivity contribution >= 4 is 0 Å². The maximum absolute atomic E-state index is 5.85. The van der Waals surface area contributed by atoms with Crippen molar-refractivity contribution in [1.29, 1.82) is 0 Å². The van der Waals surface area contributed by atoms with E-state index in [0.29, 0.717) is 29.8 Å². The molecule has 3 heterocycles.